The van der Waals surface area contributed by atoms with E-state index in [1.165, 1.54) is 69.7 Å². The number of rotatable bonds is 10. The molecular weight excluding hydrogens is 218 g/mol. The quantitative estimate of drug-likeness (QED) is 0.526. The maximum atomic E-state index is 5.42. The Kier molecular flexibility index (Phi) is 23.4. The second-order valence-corrected chi connectivity index (χ2v) is 4.43. The number of hydrogen-bond donors (Lipinski definition) is 1. The van der Waals surface area contributed by atoms with Crippen molar-refractivity contribution in [1.82, 2.24) is 0 Å². The van der Waals surface area contributed by atoms with Crippen LogP contribution in [0.5, 0.6) is 0 Å². The lowest BCUT2D eigenvalue weighted by Gasteiger charge is -2.00. The fraction of sp³-hybridized carbons (Fsp3) is 0.857. The highest BCUT2D eigenvalue weighted by atomic mass is 35.5. The molecule has 2 N–H and O–H groups in total. The third-order valence-corrected chi connectivity index (χ3v) is 2.56. The zero-order valence-electron chi connectivity index (χ0n) is 11.0. The summed E-state index contributed by atoms with van der Waals surface area (Å²) in [6, 6.07) is 0. The highest BCUT2D eigenvalue weighted by Gasteiger charge is 1.91. The first-order valence-corrected chi connectivity index (χ1v) is 7.18. The molecule has 0 heterocycles. The van der Waals surface area contributed by atoms with Crippen LogP contribution in [-0.2, 0) is 0 Å². The van der Waals surface area contributed by atoms with E-state index in [-0.39, 0.29) is 0 Å². The van der Waals surface area contributed by atoms with Gasteiger partial charge in [-0.05, 0) is 18.5 Å². The summed E-state index contributed by atoms with van der Waals surface area (Å²) in [7, 11) is 0. The number of hydrogen-bond acceptors (Lipinski definition) is 1. The average molecular weight is 248 g/mol. The van der Waals surface area contributed by atoms with Gasteiger partial charge in [-0.2, -0.15) is 0 Å². The van der Waals surface area contributed by atoms with Crippen molar-refractivity contribution < 1.29 is 0 Å². The predicted molar refractivity (Wildman–Crippen MR) is 76.9 cm³/mol. The van der Waals surface area contributed by atoms with Gasteiger partial charge in [0.05, 0.1) is 0 Å². The number of unbranched alkanes of at least 4 members (excludes halogenated alkanes) is 9. The molecule has 0 aliphatic rings. The van der Waals surface area contributed by atoms with Gasteiger partial charge in [-0.15, -0.1) is 0 Å². The predicted octanol–water partition coefficient (Wildman–Crippen LogP) is 5.23. The molecule has 0 fully saturated rings. The molecule has 1 nitrogen and oxygen atoms in total. The zero-order valence-corrected chi connectivity index (χ0v) is 11.8. The van der Waals surface area contributed by atoms with Crippen LogP contribution in [-0.4, -0.2) is 6.54 Å². The van der Waals surface area contributed by atoms with E-state index in [0.717, 1.165) is 6.54 Å². The van der Waals surface area contributed by atoms with Crippen LogP contribution >= 0.6 is 11.6 Å². The van der Waals surface area contributed by atoms with Gasteiger partial charge in [0.25, 0.3) is 0 Å². The summed E-state index contributed by atoms with van der Waals surface area (Å²) in [5.41, 5.74) is 6.65. The van der Waals surface area contributed by atoms with Crippen LogP contribution < -0.4 is 5.73 Å². The minimum Gasteiger partial charge on any atom is -0.330 e. The van der Waals surface area contributed by atoms with E-state index in [1.54, 1.807) is 0 Å². The molecule has 0 atom stereocenters. The average Bonchev–Trinajstić information content (AvgIpc) is 2.28. The Morgan fingerprint density at radius 1 is 0.875 bits per heavy atom. The summed E-state index contributed by atoms with van der Waals surface area (Å²) in [6.07, 6.45) is 13.9. The molecule has 0 spiro atoms. The molecule has 0 amide bonds. The van der Waals surface area contributed by atoms with Crippen molar-refractivity contribution in [3.63, 3.8) is 0 Å². The molecule has 0 aliphatic heterocycles. The molecule has 2 heteroatoms. The van der Waals surface area contributed by atoms with Gasteiger partial charge in [0.15, 0.2) is 0 Å². The molecule has 16 heavy (non-hydrogen) atoms. The fourth-order valence-electron chi connectivity index (χ4n) is 1.63. The molecule has 0 aliphatic carbocycles. The van der Waals surface area contributed by atoms with E-state index in [4.69, 9.17) is 17.3 Å². The molecule has 0 bridgehead atoms. The monoisotopic (exact) mass is 247 g/mol. The van der Waals surface area contributed by atoms with Crippen LogP contribution in [0, 0.1) is 0 Å². The van der Waals surface area contributed by atoms with Crippen LogP contribution in [0.2, 0.25) is 0 Å². The van der Waals surface area contributed by atoms with Gasteiger partial charge in [0, 0.05) is 0 Å². The highest BCUT2D eigenvalue weighted by Crippen LogP contribution is 2.09. The lowest BCUT2D eigenvalue weighted by atomic mass is 10.1. The first kappa shape index (κ1) is 18.4. The maximum absolute atomic E-state index is 5.42. The van der Waals surface area contributed by atoms with Crippen molar-refractivity contribution in [2.75, 3.05) is 6.54 Å². The summed E-state index contributed by atoms with van der Waals surface area (Å²) >= 11 is 4.76. The number of halogens is 1. The van der Waals surface area contributed by atoms with E-state index in [9.17, 15) is 0 Å². The van der Waals surface area contributed by atoms with Gasteiger partial charge in [0.1, 0.15) is 0 Å². The molecule has 0 aromatic rings. The van der Waals surface area contributed by atoms with E-state index in [2.05, 4.69) is 13.5 Å². The largest absolute Gasteiger partial charge is 0.330 e. The molecule has 0 radical (unpaired) electrons. The Bertz CT molecular complexity index is 105. The Morgan fingerprint density at radius 2 is 1.19 bits per heavy atom. The highest BCUT2D eigenvalue weighted by molar-refractivity contribution is 6.25. The third-order valence-electron chi connectivity index (χ3n) is 2.56. The van der Waals surface area contributed by atoms with Gasteiger partial charge >= 0.3 is 0 Å². The van der Waals surface area contributed by atoms with Crippen molar-refractivity contribution in [2.24, 2.45) is 5.73 Å². The van der Waals surface area contributed by atoms with Crippen LogP contribution in [0.15, 0.2) is 12.1 Å². The van der Waals surface area contributed by atoms with Gasteiger partial charge in [-0.25, -0.2) is 0 Å². The molecule has 0 aromatic heterocycles. The van der Waals surface area contributed by atoms with Crippen molar-refractivity contribution in [3.8, 4) is 0 Å². The minimum absolute atomic E-state index is 0.872. The van der Waals surface area contributed by atoms with Gasteiger partial charge in [0.2, 0.25) is 0 Å². The molecule has 0 rings (SSSR count). The van der Waals surface area contributed by atoms with Gasteiger partial charge < -0.3 is 5.73 Å². The zero-order chi connectivity index (χ0) is 12.5. The second kappa shape index (κ2) is 20.4. The van der Waals surface area contributed by atoms with Crippen molar-refractivity contribution in [2.45, 2.75) is 71.1 Å². The van der Waals surface area contributed by atoms with Gasteiger partial charge in [-0.3, -0.25) is 0 Å². The smallest absolute Gasteiger partial charge is 0.00296 e. The van der Waals surface area contributed by atoms with Crippen molar-refractivity contribution in [1.29, 1.82) is 0 Å². The van der Waals surface area contributed by atoms with Gasteiger partial charge in [-0.1, -0.05) is 82.9 Å². The summed E-state index contributed by atoms with van der Waals surface area (Å²) in [5.74, 6) is 0. The van der Waals surface area contributed by atoms with Crippen LogP contribution in [0.3, 0.4) is 0 Å². The lowest BCUT2D eigenvalue weighted by molar-refractivity contribution is 0.558. The van der Waals surface area contributed by atoms with Crippen molar-refractivity contribution >= 4 is 11.6 Å². The molecule has 0 unspecified atom stereocenters. The van der Waals surface area contributed by atoms with E-state index in [1.807, 2.05) is 0 Å². The Hall–Kier alpha value is -0.0100. The Balaban J connectivity index is 0. The molecule has 98 valence electrons. The summed E-state index contributed by atoms with van der Waals surface area (Å²) in [4.78, 5) is 0. The lowest BCUT2D eigenvalue weighted by Crippen LogP contribution is -1.97. The summed E-state index contributed by atoms with van der Waals surface area (Å²) in [5, 5.41) is 0. The third kappa shape index (κ3) is 23.7. The van der Waals surface area contributed by atoms with Crippen LogP contribution in [0.25, 0.3) is 0 Å². The summed E-state index contributed by atoms with van der Waals surface area (Å²) < 4.78 is 0. The number of nitrogens with two attached hydrogens (primary N) is 1. The molecule has 0 saturated heterocycles. The Labute approximate surface area is 107 Å². The minimum atomic E-state index is 0.872. The molecule has 0 saturated carbocycles. The normalized spacial score (nSPS) is 9.44. The SMILES string of the molecule is C=CCl.CCCCCCCCCCCCN. The van der Waals surface area contributed by atoms with E-state index in [0.29, 0.717) is 0 Å². The standard InChI is InChI=1S/C12H27N.C2H3Cl/c1-2-3-4-5-6-7-8-9-10-11-12-13;1-2-3/h2-13H2,1H3;2H,1H2. The van der Waals surface area contributed by atoms with E-state index >= 15 is 0 Å². The van der Waals surface area contributed by atoms with Crippen LogP contribution in [0.1, 0.15) is 71.1 Å². The van der Waals surface area contributed by atoms with E-state index < -0.39 is 0 Å². The molecular formula is C14H30ClN. The van der Waals surface area contributed by atoms with Crippen molar-refractivity contribution in [3.05, 3.63) is 12.1 Å². The molecule has 0 aromatic carbocycles. The Morgan fingerprint density at radius 3 is 1.50 bits per heavy atom. The summed E-state index contributed by atoms with van der Waals surface area (Å²) in [6.45, 7) is 6.27. The second-order valence-electron chi connectivity index (χ2n) is 4.12. The topological polar surface area (TPSA) is 26.0 Å². The first-order chi connectivity index (χ1) is 7.83. The maximum Gasteiger partial charge on any atom is -0.00296 e. The van der Waals surface area contributed by atoms with Crippen LogP contribution in [0.4, 0.5) is 0 Å². The first-order valence-electron chi connectivity index (χ1n) is 6.74. The fourth-order valence-corrected chi connectivity index (χ4v) is 1.63.